The lowest BCUT2D eigenvalue weighted by Crippen LogP contribution is -2.37. The second-order valence-corrected chi connectivity index (χ2v) is 5.57. The van der Waals surface area contributed by atoms with Gasteiger partial charge in [0.25, 0.3) is 0 Å². The van der Waals surface area contributed by atoms with Crippen molar-refractivity contribution in [3.8, 4) is 0 Å². The van der Waals surface area contributed by atoms with Gasteiger partial charge in [-0.25, -0.2) is 4.98 Å². The molecule has 0 spiro atoms. The maximum atomic E-state index is 11.4. The highest BCUT2D eigenvalue weighted by atomic mass is 35.5. The highest BCUT2D eigenvalue weighted by molar-refractivity contribution is 6.37. The molecule has 7 heteroatoms. The van der Waals surface area contributed by atoms with E-state index in [0.717, 1.165) is 0 Å². The first-order valence-electron chi connectivity index (χ1n) is 5.50. The van der Waals surface area contributed by atoms with Gasteiger partial charge in [0.05, 0.1) is 15.5 Å². The molecule has 1 aromatic heterocycles. The van der Waals surface area contributed by atoms with Gasteiger partial charge in [-0.3, -0.25) is 4.79 Å². The van der Waals surface area contributed by atoms with Crippen molar-refractivity contribution in [2.45, 2.75) is 13.3 Å². The second kappa shape index (κ2) is 4.48. The molecule has 5 nitrogen and oxygen atoms in total. The SMILES string of the molecule is CC1(C(N)=O)CCN(c2nc(N)c(Cl)cc2Cl)C1. The summed E-state index contributed by atoms with van der Waals surface area (Å²) in [6.45, 7) is 2.98. The van der Waals surface area contributed by atoms with E-state index in [-0.39, 0.29) is 11.7 Å². The number of amides is 1. The quantitative estimate of drug-likeness (QED) is 0.867. The second-order valence-electron chi connectivity index (χ2n) is 4.76. The average Bonchev–Trinajstić information content (AvgIpc) is 2.68. The molecule has 2 rings (SSSR count). The molecule has 1 fully saturated rings. The van der Waals surface area contributed by atoms with Crippen molar-refractivity contribution in [1.82, 2.24) is 4.98 Å². The van der Waals surface area contributed by atoms with Crippen LogP contribution in [0, 0.1) is 5.41 Å². The maximum Gasteiger partial charge on any atom is 0.225 e. The van der Waals surface area contributed by atoms with Crippen molar-refractivity contribution >= 4 is 40.7 Å². The van der Waals surface area contributed by atoms with Gasteiger partial charge in [0.15, 0.2) is 0 Å². The van der Waals surface area contributed by atoms with Gasteiger partial charge in [0.2, 0.25) is 5.91 Å². The zero-order chi connectivity index (χ0) is 13.5. The lowest BCUT2D eigenvalue weighted by atomic mass is 9.89. The van der Waals surface area contributed by atoms with Crippen LogP contribution in [0.15, 0.2) is 6.07 Å². The first-order chi connectivity index (χ1) is 8.33. The Kier molecular flexibility index (Phi) is 3.29. The number of nitrogen functional groups attached to an aromatic ring is 1. The number of nitrogens with two attached hydrogens (primary N) is 2. The summed E-state index contributed by atoms with van der Waals surface area (Å²) in [5.41, 5.74) is 10.5. The number of hydrogen-bond acceptors (Lipinski definition) is 4. The molecule has 1 atom stereocenters. The highest BCUT2D eigenvalue weighted by Crippen LogP contribution is 2.37. The van der Waals surface area contributed by atoms with Gasteiger partial charge in [-0.15, -0.1) is 0 Å². The van der Waals surface area contributed by atoms with E-state index < -0.39 is 5.41 Å². The zero-order valence-corrected chi connectivity index (χ0v) is 11.4. The number of carbonyl (C=O) groups is 1. The summed E-state index contributed by atoms with van der Waals surface area (Å²) in [6.07, 6.45) is 0.670. The highest BCUT2D eigenvalue weighted by Gasteiger charge is 2.39. The molecule has 1 unspecified atom stereocenters. The molecule has 1 aliphatic heterocycles. The Morgan fingerprint density at radius 2 is 2.17 bits per heavy atom. The molecule has 0 saturated carbocycles. The van der Waals surface area contributed by atoms with Gasteiger partial charge in [-0.1, -0.05) is 23.2 Å². The van der Waals surface area contributed by atoms with E-state index in [1.165, 1.54) is 0 Å². The number of rotatable bonds is 2. The number of primary amides is 1. The molecule has 0 aromatic carbocycles. The van der Waals surface area contributed by atoms with Crippen LogP contribution in [0.3, 0.4) is 0 Å². The largest absolute Gasteiger partial charge is 0.382 e. The van der Waals surface area contributed by atoms with Crippen LogP contribution in [-0.2, 0) is 4.79 Å². The van der Waals surface area contributed by atoms with Crippen molar-refractivity contribution < 1.29 is 4.79 Å². The van der Waals surface area contributed by atoms with Crippen LogP contribution < -0.4 is 16.4 Å². The van der Waals surface area contributed by atoms with Crippen LogP contribution in [-0.4, -0.2) is 24.0 Å². The van der Waals surface area contributed by atoms with Crippen LogP contribution in [0.25, 0.3) is 0 Å². The Balaban J connectivity index is 2.30. The van der Waals surface area contributed by atoms with Crippen molar-refractivity contribution in [3.63, 3.8) is 0 Å². The number of anilines is 2. The zero-order valence-electron chi connectivity index (χ0n) is 9.91. The summed E-state index contributed by atoms with van der Waals surface area (Å²) in [5.74, 6) is 0.454. The summed E-state index contributed by atoms with van der Waals surface area (Å²) in [5, 5.41) is 0.739. The summed E-state index contributed by atoms with van der Waals surface area (Å²) in [6, 6.07) is 1.56. The molecule has 4 N–H and O–H groups in total. The Hall–Kier alpha value is -1.20. The van der Waals surface area contributed by atoms with E-state index in [1.54, 1.807) is 6.07 Å². The molecule has 0 radical (unpaired) electrons. The fourth-order valence-electron chi connectivity index (χ4n) is 2.04. The van der Waals surface area contributed by atoms with Gasteiger partial charge in [-0.05, 0) is 19.4 Å². The Bertz CT molecular complexity index is 508. The van der Waals surface area contributed by atoms with Gasteiger partial charge < -0.3 is 16.4 Å². The first-order valence-corrected chi connectivity index (χ1v) is 6.25. The van der Waals surface area contributed by atoms with Crippen LogP contribution in [0.4, 0.5) is 11.6 Å². The van der Waals surface area contributed by atoms with Crippen molar-refractivity contribution in [2.24, 2.45) is 11.1 Å². The van der Waals surface area contributed by atoms with Crippen LogP contribution >= 0.6 is 23.2 Å². The number of pyridine rings is 1. The van der Waals surface area contributed by atoms with Crippen molar-refractivity contribution in [1.29, 1.82) is 0 Å². The number of aromatic nitrogens is 1. The van der Waals surface area contributed by atoms with E-state index in [2.05, 4.69) is 4.98 Å². The van der Waals surface area contributed by atoms with Crippen molar-refractivity contribution in [3.05, 3.63) is 16.1 Å². The van der Waals surface area contributed by atoms with Gasteiger partial charge >= 0.3 is 0 Å². The molecule has 1 aliphatic rings. The topological polar surface area (TPSA) is 85.2 Å². The van der Waals surface area contributed by atoms with E-state index in [1.807, 2.05) is 11.8 Å². The summed E-state index contributed by atoms with van der Waals surface area (Å²) < 4.78 is 0. The molecule has 1 saturated heterocycles. The Labute approximate surface area is 115 Å². The van der Waals surface area contributed by atoms with Crippen LogP contribution in [0.5, 0.6) is 0 Å². The van der Waals surface area contributed by atoms with Crippen molar-refractivity contribution in [2.75, 3.05) is 23.7 Å². The summed E-state index contributed by atoms with van der Waals surface area (Å²) >= 11 is 11.9. The molecule has 2 heterocycles. The lowest BCUT2D eigenvalue weighted by molar-refractivity contribution is -0.125. The molecule has 0 bridgehead atoms. The summed E-state index contributed by atoms with van der Waals surface area (Å²) in [7, 11) is 0. The van der Waals surface area contributed by atoms with E-state index in [4.69, 9.17) is 34.7 Å². The molecule has 1 amide bonds. The Morgan fingerprint density at radius 3 is 2.72 bits per heavy atom. The molecule has 1 aromatic rings. The molecule has 98 valence electrons. The van der Waals surface area contributed by atoms with Crippen LogP contribution in [0.2, 0.25) is 10.0 Å². The number of halogens is 2. The third kappa shape index (κ3) is 2.20. The van der Waals surface area contributed by atoms with E-state index in [0.29, 0.717) is 35.4 Å². The minimum atomic E-state index is -0.556. The monoisotopic (exact) mass is 288 g/mol. The number of hydrogen-bond donors (Lipinski definition) is 2. The maximum absolute atomic E-state index is 11.4. The molecular weight excluding hydrogens is 275 g/mol. The van der Waals surface area contributed by atoms with Gasteiger partial charge in [0.1, 0.15) is 11.6 Å². The number of nitrogens with zero attached hydrogens (tertiary/aromatic N) is 2. The van der Waals surface area contributed by atoms with Gasteiger partial charge in [0, 0.05) is 13.1 Å². The predicted molar refractivity (Wildman–Crippen MR) is 72.8 cm³/mol. The summed E-state index contributed by atoms with van der Waals surface area (Å²) in [4.78, 5) is 17.5. The molecule has 0 aliphatic carbocycles. The normalized spacial score (nSPS) is 23.4. The standard InChI is InChI=1S/C11H14Cl2N4O/c1-11(10(15)18)2-3-17(5-11)9-7(13)4-6(12)8(14)16-9/h4H,2-3,5H2,1H3,(H2,14,16)(H2,15,18). The minimum absolute atomic E-state index is 0.226. The van der Waals surface area contributed by atoms with E-state index in [9.17, 15) is 4.79 Å². The van der Waals surface area contributed by atoms with Crippen LogP contribution in [0.1, 0.15) is 13.3 Å². The fourth-order valence-corrected chi connectivity index (χ4v) is 2.51. The smallest absolute Gasteiger partial charge is 0.225 e. The van der Waals surface area contributed by atoms with Gasteiger partial charge in [-0.2, -0.15) is 0 Å². The molecule has 18 heavy (non-hydrogen) atoms. The number of carbonyl (C=O) groups excluding carboxylic acids is 1. The first kappa shape index (κ1) is 13.2. The lowest BCUT2D eigenvalue weighted by Gasteiger charge is -2.22. The predicted octanol–water partition coefficient (Wildman–Crippen LogP) is 1.67. The third-order valence-electron chi connectivity index (χ3n) is 3.31. The third-order valence-corrected chi connectivity index (χ3v) is 3.89. The molecular formula is C11H14Cl2N4O. The Morgan fingerprint density at radius 1 is 1.50 bits per heavy atom. The fraction of sp³-hybridized carbons (Fsp3) is 0.455. The minimum Gasteiger partial charge on any atom is -0.382 e. The average molecular weight is 289 g/mol. The van der Waals surface area contributed by atoms with E-state index >= 15 is 0 Å².